The van der Waals surface area contributed by atoms with Gasteiger partial charge in [0.05, 0.1) is 31.0 Å². The molecule has 0 saturated carbocycles. The summed E-state index contributed by atoms with van der Waals surface area (Å²) in [6.07, 6.45) is 1.45. The Morgan fingerprint density at radius 1 is 0.914 bits per heavy atom. The van der Waals surface area contributed by atoms with Crippen LogP contribution >= 0.6 is 0 Å². The molecule has 35 heavy (non-hydrogen) atoms. The lowest BCUT2D eigenvalue weighted by Gasteiger charge is -2.35. The van der Waals surface area contributed by atoms with Crippen LogP contribution < -0.4 is 9.47 Å². The summed E-state index contributed by atoms with van der Waals surface area (Å²) >= 11 is 0. The normalized spacial score (nSPS) is 13.9. The van der Waals surface area contributed by atoms with E-state index in [2.05, 4.69) is 13.8 Å². The van der Waals surface area contributed by atoms with E-state index in [0.29, 0.717) is 61.3 Å². The molecule has 2 aromatic carbocycles. The van der Waals surface area contributed by atoms with Crippen LogP contribution in [0, 0.1) is 5.92 Å². The molecule has 1 aromatic heterocycles. The molecule has 0 N–H and O–H groups in total. The van der Waals surface area contributed by atoms with Crippen molar-refractivity contribution < 1.29 is 19.1 Å². The number of rotatable bonds is 7. The fraction of sp³-hybridized carbons (Fsp3) is 0.393. The van der Waals surface area contributed by atoms with Gasteiger partial charge >= 0.3 is 0 Å². The van der Waals surface area contributed by atoms with Crippen molar-refractivity contribution >= 4 is 22.7 Å². The number of carbonyl (C=O) groups is 2. The van der Waals surface area contributed by atoms with E-state index in [1.165, 1.54) is 0 Å². The van der Waals surface area contributed by atoms with Gasteiger partial charge in [-0.05, 0) is 42.7 Å². The van der Waals surface area contributed by atoms with E-state index < -0.39 is 0 Å². The van der Waals surface area contributed by atoms with Crippen molar-refractivity contribution in [1.29, 1.82) is 0 Å². The predicted octanol–water partition coefficient (Wildman–Crippen LogP) is 4.64. The van der Waals surface area contributed by atoms with E-state index in [9.17, 15) is 9.59 Å². The summed E-state index contributed by atoms with van der Waals surface area (Å²) < 4.78 is 10.8. The number of methoxy groups -OCH3 is 2. The van der Waals surface area contributed by atoms with Crippen molar-refractivity contribution in [1.82, 2.24) is 14.8 Å². The summed E-state index contributed by atoms with van der Waals surface area (Å²) in [6.45, 7) is 6.42. The summed E-state index contributed by atoms with van der Waals surface area (Å²) in [5, 5.41) is 0.817. The quantitative estimate of drug-likeness (QED) is 0.498. The predicted molar refractivity (Wildman–Crippen MR) is 137 cm³/mol. The van der Waals surface area contributed by atoms with Gasteiger partial charge in [-0.15, -0.1) is 0 Å². The number of hydrogen-bond acceptors (Lipinski definition) is 5. The molecule has 1 aliphatic rings. The first-order chi connectivity index (χ1) is 16.9. The third-order valence-corrected chi connectivity index (χ3v) is 6.48. The fourth-order valence-corrected chi connectivity index (χ4v) is 4.40. The van der Waals surface area contributed by atoms with Gasteiger partial charge in [0.2, 0.25) is 5.91 Å². The number of nitrogens with zero attached hydrogens (tertiary/aromatic N) is 3. The molecular formula is C28H33N3O4. The molecule has 0 radical (unpaired) electrons. The van der Waals surface area contributed by atoms with Crippen molar-refractivity contribution in [3.8, 4) is 22.8 Å². The molecule has 184 valence electrons. The Balaban J connectivity index is 1.60. The summed E-state index contributed by atoms with van der Waals surface area (Å²) in [6, 6.07) is 15.2. The van der Waals surface area contributed by atoms with Gasteiger partial charge in [0.1, 0.15) is 0 Å². The zero-order valence-electron chi connectivity index (χ0n) is 20.9. The van der Waals surface area contributed by atoms with E-state index in [1.54, 1.807) is 14.2 Å². The van der Waals surface area contributed by atoms with Crippen LogP contribution in [0.15, 0.2) is 48.5 Å². The van der Waals surface area contributed by atoms with E-state index in [-0.39, 0.29) is 11.8 Å². The molecule has 0 unspecified atom stereocenters. The molecule has 0 atom stereocenters. The van der Waals surface area contributed by atoms with Crippen LogP contribution in [0.5, 0.6) is 11.5 Å². The number of aromatic nitrogens is 1. The molecule has 1 fully saturated rings. The monoisotopic (exact) mass is 475 g/mol. The molecule has 2 amide bonds. The highest BCUT2D eigenvalue weighted by atomic mass is 16.5. The van der Waals surface area contributed by atoms with Crippen LogP contribution in [0.4, 0.5) is 0 Å². The third-order valence-electron chi connectivity index (χ3n) is 6.48. The molecule has 2 heterocycles. The number of carbonyl (C=O) groups excluding carboxylic acids is 2. The first-order valence-electron chi connectivity index (χ1n) is 12.1. The second-order valence-corrected chi connectivity index (χ2v) is 9.25. The van der Waals surface area contributed by atoms with Crippen molar-refractivity contribution in [2.24, 2.45) is 5.92 Å². The van der Waals surface area contributed by atoms with Crippen LogP contribution in [0.1, 0.15) is 37.0 Å². The minimum Gasteiger partial charge on any atom is -0.493 e. The topological polar surface area (TPSA) is 72.0 Å². The van der Waals surface area contributed by atoms with Crippen LogP contribution in [0.3, 0.4) is 0 Å². The standard InChI is InChI=1S/C28H33N3O4/c1-19(2)9-12-27(32)30-13-15-31(16-14-30)28(33)22-18-24(29-23-8-6-5-7-21(22)23)20-10-11-25(34-3)26(17-20)35-4/h5-8,10-11,17-19H,9,12-16H2,1-4H3. The molecular weight excluding hydrogens is 442 g/mol. The number of amides is 2. The highest BCUT2D eigenvalue weighted by Crippen LogP contribution is 2.33. The Labute approximate surface area is 206 Å². The van der Waals surface area contributed by atoms with Gasteiger partial charge in [-0.1, -0.05) is 32.0 Å². The average Bonchev–Trinajstić information content (AvgIpc) is 2.90. The minimum atomic E-state index is -0.0420. The summed E-state index contributed by atoms with van der Waals surface area (Å²) in [5.74, 6) is 1.87. The first kappa shape index (κ1) is 24.5. The number of para-hydroxylation sites is 1. The lowest BCUT2D eigenvalue weighted by atomic mass is 10.0. The maximum absolute atomic E-state index is 13.7. The smallest absolute Gasteiger partial charge is 0.254 e. The first-order valence-corrected chi connectivity index (χ1v) is 12.1. The largest absolute Gasteiger partial charge is 0.493 e. The Kier molecular flexibility index (Phi) is 7.54. The van der Waals surface area contributed by atoms with Gasteiger partial charge in [0.15, 0.2) is 11.5 Å². The second-order valence-electron chi connectivity index (χ2n) is 9.25. The van der Waals surface area contributed by atoms with Crippen LogP contribution in [0.2, 0.25) is 0 Å². The van der Waals surface area contributed by atoms with Gasteiger partial charge in [0.25, 0.3) is 5.91 Å². The van der Waals surface area contributed by atoms with E-state index in [1.807, 2.05) is 58.3 Å². The molecule has 7 heteroatoms. The lowest BCUT2D eigenvalue weighted by molar-refractivity contribution is -0.132. The van der Waals surface area contributed by atoms with E-state index >= 15 is 0 Å². The number of ether oxygens (including phenoxy) is 2. The average molecular weight is 476 g/mol. The molecule has 0 bridgehead atoms. The minimum absolute atomic E-state index is 0.0420. The second kappa shape index (κ2) is 10.8. The number of hydrogen-bond donors (Lipinski definition) is 0. The Bertz CT molecular complexity index is 1220. The van der Waals surface area contributed by atoms with Gasteiger partial charge in [-0.3, -0.25) is 9.59 Å². The SMILES string of the molecule is COc1ccc(-c2cc(C(=O)N3CCN(C(=O)CCC(C)C)CC3)c3ccccc3n2)cc1OC. The molecule has 0 aliphatic carbocycles. The van der Waals surface area contributed by atoms with E-state index in [4.69, 9.17) is 14.5 Å². The zero-order chi connectivity index (χ0) is 24.9. The molecule has 7 nitrogen and oxygen atoms in total. The van der Waals surface area contributed by atoms with E-state index in [0.717, 1.165) is 22.9 Å². The van der Waals surface area contributed by atoms with Crippen LogP contribution in [-0.4, -0.2) is 67.0 Å². The molecule has 3 aromatic rings. The number of piperazine rings is 1. The van der Waals surface area contributed by atoms with Crippen molar-refractivity contribution in [2.45, 2.75) is 26.7 Å². The van der Waals surface area contributed by atoms with Crippen molar-refractivity contribution in [3.63, 3.8) is 0 Å². The summed E-state index contributed by atoms with van der Waals surface area (Å²) in [7, 11) is 3.19. The molecule has 4 rings (SSSR count). The van der Waals surface area contributed by atoms with Crippen LogP contribution in [0.25, 0.3) is 22.2 Å². The Morgan fingerprint density at radius 3 is 2.29 bits per heavy atom. The zero-order valence-corrected chi connectivity index (χ0v) is 20.9. The lowest BCUT2D eigenvalue weighted by Crippen LogP contribution is -2.50. The highest BCUT2D eigenvalue weighted by Gasteiger charge is 2.26. The Morgan fingerprint density at radius 2 is 1.60 bits per heavy atom. The highest BCUT2D eigenvalue weighted by molar-refractivity contribution is 6.07. The summed E-state index contributed by atoms with van der Waals surface area (Å²) in [4.78, 5) is 34.7. The fourth-order valence-electron chi connectivity index (χ4n) is 4.40. The maximum atomic E-state index is 13.7. The van der Waals surface area contributed by atoms with Crippen LogP contribution in [-0.2, 0) is 4.79 Å². The summed E-state index contributed by atoms with van der Waals surface area (Å²) in [5.41, 5.74) is 2.89. The van der Waals surface area contributed by atoms with Crippen molar-refractivity contribution in [2.75, 3.05) is 40.4 Å². The third kappa shape index (κ3) is 5.39. The molecule has 1 saturated heterocycles. The van der Waals surface area contributed by atoms with Crippen molar-refractivity contribution in [3.05, 3.63) is 54.1 Å². The maximum Gasteiger partial charge on any atom is 0.254 e. The Hall–Kier alpha value is -3.61. The van der Waals surface area contributed by atoms with Gasteiger partial charge in [-0.25, -0.2) is 4.98 Å². The van der Waals surface area contributed by atoms with Gasteiger partial charge < -0.3 is 19.3 Å². The number of benzene rings is 2. The number of fused-ring (bicyclic) bond motifs is 1. The number of pyridine rings is 1. The molecule has 1 aliphatic heterocycles. The van der Waals surface area contributed by atoms with Gasteiger partial charge in [0, 0.05) is 43.5 Å². The molecule has 0 spiro atoms. The van der Waals surface area contributed by atoms with Gasteiger partial charge in [-0.2, -0.15) is 0 Å².